The Kier molecular flexibility index (Phi) is 3.04. The lowest BCUT2D eigenvalue weighted by Crippen LogP contribution is -2.31. The maximum atomic E-state index is 11.3. The summed E-state index contributed by atoms with van der Waals surface area (Å²) in [7, 11) is 0. The van der Waals surface area contributed by atoms with Crippen LogP contribution in [-0.2, 0) is 16.0 Å². The number of hydrogen-bond acceptors (Lipinski definition) is 4. The highest BCUT2D eigenvalue weighted by Gasteiger charge is 2.29. The molecule has 0 spiro atoms. The molecule has 0 aromatic heterocycles. The van der Waals surface area contributed by atoms with Crippen molar-refractivity contribution in [3.63, 3.8) is 0 Å². The van der Waals surface area contributed by atoms with E-state index in [-0.39, 0.29) is 5.91 Å². The molecule has 0 aliphatic carbocycles. The van der Waals surface area contributed by atoms with Crippen molar-refractivity contribution >= 4 is 18.4 Å². The predicted octanol–water partition coefficient (Wildman–Crippen LogP) is -0.0277. The van der Waals surface area contributed by atoms with Gasteiger partial charge in [0.15, 0.2) is 0 Å². The molecule has 1 aliphatic heterocycles. The second-order valence-corrected chi connectivity index (χ2v) is 3.58. The molecule has 2 N–H and O–H groups in total. The number of urea groups is 1. The molecule has 6 heteroatoms. The largest absolute Gasteiger partial charge is 0.429 e. The van der Waals surface area contributed by atoms with E-state index in [2.05, 4.69) is 15.4 Å². The van der Waals surface area contributed by atoms with E-state index < -0.39 is 12.1 Å². The number of carbonyl (C=O) groups is 3. The van der Waals surface area contributed by atoms with Crippen LogP contribution in [0.4, 0.5) is 4.79 Å². The molecule has 1 aromatic carbocycles. The summed E-state index contributed by atoms with van der Waals surface area (Å²) < 4.78 is 4.64. The summed E-state index contributed by atoms with van der Waals surface area (Å²) in [6.45, 7) is 0.347. The number of amides is 3. The summed E-state index contributed by atoms with van der Waals surface area (Å²) in [6.07, 6.45) is 0.402. The lowest BCUT2D eigenvalue weighted by atomic mass is 10.1. The van der Waals surface area contributed by atoms with Crippen LogP contribution in [0.1, 0.15) is 5.56 Å². The normalized spacial score (nSPS) is 18.5. The van der Waals surface area contributed by atoms with Crippen molar-refractivity contribution in [2.75, 3.05) is 0 Å². The van der Waals surface area contributed by atoms with Crippen LogP contribution in [0.15, 0.2) is 24.3 Å². The fraction of sp³-hybridized carbons (Fsp3) is 0.182. The van der Waals surface area contributed by atoms with Gasteiger partial charge in [-0.25, -0.2) is 4.79 Å². The lowest BCUT2D eigenvalue weighted by molar-refractivity contribution is -0.121. The Morgan fingerprint density at radius 3 is 2.47 bits per heavy atom. The molecule has 0 radical (unpaired) electrons. The molecule has 1 aromatic rings. The fourth-order valence-electron chi connectivity index (χ4n) is 1.60. The number of rotatable bonds is 4. The lowest BCUT2D eigenvalue weighted by Gasteiger charge is -2.07. The highest BCUT2D eigenvalue weighted by Crippen LogP contribution is 2.13. The highest BCUT2D eigenvalue weighted by molar-refractivity contribution is 6.04. The molecule has 3 amide bonds. The molecule has 1 heterocycles. The fourth-order valence-corrected chi connectivity index (χ4v) is 1.60. The summed E-state index contributed by atoms with van der Waals surface area (Å²) >= 11 is 0. The number of nitrogens with one attached hydrogen (secondary N) is 2. The zero-order chi connectivity index (χ0) is 12.3. The number of benzene rings is 1. The molecule has 0 saturated carbocycles. The summed E-state index contributed by atoms with van der Waals surface area (Å²) in [6, 6.07) is 5.70. The minimum atomic E-state index is -0.541. The third-order valence-corrected chi connectivity index (χ3v) is 2.41. The van der Waals surface area contributed by atoms with E-state index in [4.69, 9.17) is 0 Å². The van der Waals surface area contributed by atoms with Crippen LogP contribution in [0.3, 0.4) is 0 Å². The van der Waals surface area contributed by atoms with Gasteiger partial charge in [-0.15, -0.1) is 0 Å². The van der Waals surface area contributed by atoms with Crippen LogP contribution in [0, 0.1) is 0 Å². The average Bonchev–Trinajstić information content (AvgIpc) is 2.61. The Morgan fingerprint density at radius 2 is 1.94 bits per heavy atom. The smallest absolute Gasteiger partial charge is 0.322 e. The van der Waals surface area contributed by atoms with Crippen LogP contribution >= 0.6 is 0 Å². The van der Waals surface area contributed by atoms with Gasteiger partial charge in [-0.1, -0.05) is 12.1 Å². The van der Waals surface area contributed by atoms with Crippen molar-refractivity contribution in [2.45, 2.75) is 12.5 Å². The van der Waals surface area contributed by atoms with Gasteiger partial charge in [0.2, 0.25) is 0 Å². The summed E-state index contributed by atoms with van der Waals surface area (Å²) in [5.74, 6) is 0.104. The van der Waals surface area contributed by atoms with Gasteiger partial charge in [-0.2, -0.15) is 0 Å². The number of ether oxygens (including phenoxy) is 1. The van der Waals surface area contributed by atoms with Gasteiger partial charge in [0.1, 0.15) is 11.8 Å². The summed E-state index contributed by atoms with van der Waals surface area (Å²) in [5, 5.41) is 4.66. The molecule has 1 unspecified atom stereocenters. The molecule has 0 bridgehead atoms. The first-order valence-electron chi connectivity index (χ1n) is 4.99. The first kappa shape index (κ1) is 11.1. The van der Waals surface area contributed by atoms with Crippen molar-refractivity contribution in [2.24, 2.45) is 0 Å². The minimum Gasteiger partial charge on any atom is -0.429 e. The van der Waals surface area contributed by atoms with Gasteiger partial charge < -0.3 is 10.1 Å². The predicted molar refractivity (Wildman–Crippen MR) is 57.3 cm³/mol. The molecule has 6 nitrogen and oxygen atoms in total. The van der Waals surface area contributed by atoms with Gasteiger partial charge in [-0.05, 0) is 17.7 Å². The molecular weight excluding hydrogens is 224 g/mol. The maximum absolute atomic E-state index is 11.3. The zero-order valence-electron chi connectivity index (χ0n) is 8.80. The van der Waals surface area contributed by atoms with E-state index in [0.717, 1.165) is 5.56 Å². The monoisotopic (exact) mass is 234 g/mol. The van der Waals surface area contributed by atoms with E-state index in [0.29, 0.717) is 18.6 Å². The standard InChI is InChI=1S/C11H10N2O4/c14-6-17-8-3-1-7(2-4-8)5-9-10(15)13-11(16)12-9/h1-4,6,9H,5H2,(H2,12,13,15,16). The molecule has 1 atom stereocenters. The highest BCUT2D eigenvalue weighted by atomic mass is 16.5. The Bertz CT molecular complexity index is 455. The third kappa shape index (κ3) is 2.60. The molecule has 1 fully saturated rings. The number of carbonyl (C=O) groups excluding carboxylic acids is 3. The van der Waals surface area contributed by atoms with Gasteiger partial charge in [0, 0.05) is 6.42 Å². The number of imide groups is 1. The Morgan fingerprint density at radius 1 is 1.24 bits per heavy atom. The van der Waals surface area contributed by atoms with Crippen molar-refractivity contribution < 1.29 is 19.1 Å². The van der Waals surface area contributed by atoms with Crippen LogP contribution in [-0.4, -0.2) is 24.5 Å². The quantitative estimate of drug-likeness (QED) is 0.566. The van der Waals surface area contributed by atoms with E-state index >= 15 is 0 Å². The second kappa shape index (κ2) is 4.65. The van der Waals surface area contributed by atoms with E-state index in [1.54, 1.807) is 24.3 Å². The first-order chi connectivity index (χ1) is 8.19. The SMILES string of the molecule is O=COc1ccc(CC2NC(=O)NC2=O)cc1. The summed E-state index contributed by atoms with van der Waals surface area (Å²) in [5.41, 5.74) is 0.866. The van der Waals surface area contributed by atoms with E-state index in [1.165, 1.54) is 0 Å². The first-order valence-corrected chi connectivity index (χ1v) is 4.99. The minimum absolute atomic E-state index is 0.330. The topological polar surface area (TPSA) is 84.5 Å². The second-order valence-electron chi connectivity index (χ2n) is 3.58. The van der Waals surface area contributed by atoms with Crippen molar-refractivity contribution in [3.8, 4) is 5.75 Å². The third-order valence-electron chi connectivity index (χ3n) is 2.41. The van der Waals surface area contributed by atoms with Crippen molar-refractivity contribution in [1.29, 1.82) is 0 Å². The van der Waals surface area contributed by atoms with Crippen LogP contribution in [0.25, 0.3) is 0 Å². The average molecular weight is 234 g/mol. The van der Waals surface area contributed by atoms with Crippen LogP contribution in [0.5, 0.6) is 5.75 Å². The molecule has 17 heavy (non-hydrogen) atoms. The van der Waals surface area contributed by atoms with Crippen molar-refractivity contribution in [3.05, 3.63) is 29.8 Å². The van der Waals surface area contributed by atoms with Gasteiger partial charge in [0.25, 0.3) is 12.4 Å². The Hall–Kier alpha value is -2.37. The van der Waals surface area contributed by atoms with E-state index in [9.17, 15) is 14.4 Å². The van der Waals surface area contributed by atoms with Gasteiger partial charge in [0.05, 0.1) is 0 Å². The molecular formula is C11H10N2O4. The van der Waals surface area contributed by atoms with Crippen molar-refractivity contribution in [1.82, 2.24) is 10.6 Å². The summed E-state index contributed by atoms with van der Waals surface area (Å²) in [4.78, 5) is 32.3. The Balaban J connectivity index is 2.01. The zero-order valence-corrected chi connectivity index (χ0v) is 8.80. The molecule has 1 aliphatic rings. The van der Waals surface area contributed by atoms with E-state index in [1.807, 2.05) is 0 Å². The molecule has 88 valence electrons. The van der Waals surface area contributed by atoms with Crippen LogP contribution in [0.2, 0.25) is 0 Å². The number of hydrogen-bond donors (Lipinski definition) is 2. The molecule has 2 rings (SSSR count). The van der Waals surface area contributed by atoms with Crippen LogP contribution < -0.4 is 15.4 Å². The maximum Gasteiger partial charge on any atom is 0.322 e. The van der Waals surface area contributed by atoms with Gasteiger partial charge >= 0.3 is 6.03 Å². The Labute approximate surface area is 96.9 Å². The van der Waals surface area contributed by atoms with Gasteiger partial charge in [-0.3, -0.25) is 14.9 Å². The molecule has 1 saturated heterocycles.